The molecule has 7 heteroatoms. The van der Waals surface area contributed by atoms with Gasteiger partial charge in [0, 0.05) is 17.6 Å². The van der Waals surface area contributed by atoms with E-state index in [1.54, 1.807) is 10.4 Å². The lowest BCUT2D eigenvalue weighted by molar-refractivity contribution is 0.258. The number of piperidine rings is 1. The Morgan fingerprint density at radius 3 is 2.90 bits per heavy atom. The molecule has 2 heterocycles. The molecule has 0 radical (unpaired) electrons. The van der Waals surface area contributed by atoms with Crippen LogP contribution in [0.15, 0.2) is 20.1 Å². The van der Waals surface area contributed by atoms with Gasteiger partial charge in [-0.2, -0.15) is 4.31 Å². The average Bonchev–Trinajstić information content (AvgIpc) is 2.86. The molecule has 1 N–H and O–H groups in total. The smallest absolute Gasteiger partial charge is 0.253 e. The molecule has 0 amide bonds. The molecule has 120 valence electrons. The molecule has 1 aromatic heterocycles. The van der Waals surface area contributed by atoms with E-state index in [0.29, 0.717) is 33.6 Å². The normalized spacial score (nSPS) is 21.0. The van der Waals surface area contributed by atoms with E-state index in [1.165, 1.54) is 11.3 Å². The quantitative estimate of drug-likeness (QED) is 0.805. The summed E-state index contributed by atoms with van der Waals surface area (Å²) in [7, 11) is -3.35. The van der Waals surface area contributed by atoms with Crippen LogP contribution in [0.2, 0.25) is 0 Å². The molecule has 1 fully saturated rings. The van der Waals surface area contributed by atoms with Gasteiger partial charge in [-0.3, -0.25) is 0 Å². The van der Waals surface area contributed by atoms with E-state index in [0.717, 1.165) is 25.9 Å². The third kappa shape index (κ3) is 4.51. The van der Waals surface area contributed by atoms with Crippen molar-refractivity contribution in [1.29, 1.82) is 0 Å². The number of nitrogens with one attached hydrogen (secondary N) is 1. The predicted octanol–water partition coefficient (Wildman–Crippen LogP) is 3.16. The van der Waals surface area contributed by atoms with E-state index in [-0.39, 0.29) is 0 Å². The highest BCUT2D eigenvalue weighted by atomic mass is 79.9. The third-order valence-electron chi connectivity index (χ3n) is 3.63. The SMILES string of the molecule is CC(C)CNCC1CCCN(S(=O)(=O)c2sccc2Br)C1. The Morgan fingerprint density at radius 2 is 2.29 bits per heavy atom. The van der Waals surface area contributed by atoms with Crippen molar-refractivity contribution in [3.05, 3.63) is 15.9 Å². The summed E-state index contributed by atoms with van der Waals surface area (Å²) < 4.78 is 28.1. The summed E-state index contributed by atoms with van der Waals surface area (Å²) in [6, 6.07) is 1.79. The molecule has 0 aliphatic carbocycles. The van der Waals surface area contributed by atoms with Gasteiger partial charge in [-0.25, -0.2) is 8.42 Å². The number of sulfonamides is 1. The Bertz CT molecular complexity index is 557. The van der Waals surface area contributed by atoms with Crippen molar-refractivity contribution in [1.82, 2.24) is 9.62 Å². The molecule has 1 unspecified atom stereocenters. The van der Waals surface area contributed by atoms with Gasteiger partial charge in [0.05, 0.1) is 0 Å². The van der Waals surface area contributed by atoms with Crippen LogP contribution >= 0.6 is 27.3 Å². The first-order valence-electron chi connectivity index (χ1n) is 7.35. The van der Waals surface area contributed by atoms with Crippen LogP contribution in [0.5, 0.6) is 0 Å². The van der Waals surface area contributed by atoms with E-state index >= 15 is 0 Å². The topological polar surface area (TPSA) is 49.4 Å². The molecule has 0 spiro atoms. The molecule has 0 bridgehead atoms. The van der Waals surface area contributed by atoms with E-state index < -0.39 is 10.0 Å². The summed E-state index contributed by atoms with van der Waals surface area (Å²) in [5.74, 6) is 1.03. The minimum atomic E-state index is -3.35. The minimum absolute atomic E-state index is 0.408. The summed E-state index contributed by atoms with van der Waals surface area (Å²) >= 11 is 4.61. The lowest BCUT2D eigenvalue weighted by Crippen LogP contribution is -2.43. The number of hydrogen-bond acceptors (Lipinski definition) is 4. The summed E-state index contributed by atoms with van der Waals surface area (Å²) in [4.78, 5) is 0. The summed E-state index contributed by atoms with van der Waals surface area (Å²) in [6.07, 6.45) is 2.04. The fourth-order valence-corrected chi connectivity index (χ4v) is 6.57. The van der Waals surface area contributed by atoms with Crippen molar-refractivity contribution < 1.29 is 8.42 Å². The Labute approximate surface area is 140 Å². The molecule has 1 atom stereocenters. The number of rotatable bonds is 6. The first kappa shape index (κ1) is 17.4. The zero-order valence-electron chi connectivity index (χ0n) is 12.5. The molecule has 2 rings (SSSR count). The summed E-state index contributed by atoms with van der Waals surface area (Å²) in [5, 5.41) is 5.25. The lowest BCUT2D eigenvalue weighted by atomic mass is 9.99. The Balaban J connectivity index is 1.99. The van der Waals surface area contributed by atoms with Crippen LogP contribution in [0.3, 0.4) is 0 Å². The monoisotopic (exact) mass is 394 g/mol. The van der Waals surface area contributed by atoms with Crippen LogP contribution in [0.4, 0.5) is 0 Å². The fourth-order valence-electron chi connectivity index (χ4n) is 2.57. The minimum Gasteiger partial charge on any atom is -0.316 e. The standard InChI is InChI=1S/C14H23BrN2O2S2/c1-11(2)8-16-9-12-4-3-6-17(10-12)21(18,19)14-13(15)5-7-20-14/h5,7,11-12,16H,3-4,6,8-10H2,1-2H3. The third-order valence-corrected chi connectivity index (χ3v) is 8.14. The van der Waals surface area contributed by atoms with Crippen LogP contribution in [-0.2, 0) is 10.0 Å². The molecule has 1 aliphatic rings. The van der Waals surface area contributed by atoms with Crippen LogP contribution in [0.25, 0.3) is 0 Å². The maximum absolute atomic E-state index is 12.7. The molecule has 4 nitrogen and oxygen atoms in total. The zero-order chi connectivity index (χ0) is 15.5. The van der Waals surface area contributed by atoms with E-state index in [4.69, 9.17) is 0 Å². The molecule has 0 aromatic carbocycles. The number of hydrogen-bond donors (Lipinski definition) is 1. The molecule has 0 saturated carbocycles. The highest BCUT2D eigenvalue weighted by Gasteiger charge is 2.32. The van der Waals surface area contributed by atoms with E-state index in [2.05, 4.69) is 35.1 Å². The van der Waals surface area contributed by atoms with Crippen molar-refractivity contribution in [3.63, 3.8) is 0 Å². The van der Waals surface area contributed by atoms with Crippen molar-refractivity contribution >= 4 is 37.3 Å². The Morgan fingerprint density at radius 1 is 1.52 bits per heavy atom. The van der Waals surface area contributed by atoms with Gasteiger partial charge >= 0.3 is 0 Å². The van der Waals surface area contributed by atoms with Crippen LogP contribution < -0.4 is 5.32 Å². The summed E-state index contributed by atoms with van der Waals surface area (Å²) in [5.41, 5.74) is 0. The second-order valence-corrected chi connectivity index (χ2v) is 9.88. The molecule has 1 saturated heterocycles. The van der Waals surface area contributed by atoms with Crippen LogP contribution in [0.1, 0.15) is 26.7 Å². The highest BCUT2D eigenvalue weighted by molar-refractivity contribution is 9.10. The zero-order valence-corrected chi connectivity index (χ0v) is 15.7. The Kier molecular flexibility index (Phi) is 6.25. The second-order valence-electron chi connectivity index (χ2n) is 5.98. The van der Waals surface area contributed by atoms with E-state index in [9.17, 15) is 8.42 Å². The van der Waals surface area contributed by atoms with Gasteiger partial charge in [-0.05, 0) is 65.1 Å². The lowest BCUT2D eigenvalue weighted by Gasteiger charge is -2.32. The number of thiophene rings is 1. The van der Waals surface area contributed by atoms with Crippen LogP contribution in [0, 0.1) is 11.8 Å². The Hall–Kier alpha value is 0.0500. The van der Waals surface area contributed by atoms with Gasteiger partial charge in [0.25, 0.3) is 10.0 Å². The first-order valence-corrected chi connectivity index (χ1v) is 10.5. The van der Waals surface area contributed by atoms with Crippen molar-refractivity contribution in [2.75, 3.05) is 26.2 Å². The van der Waals surface area contributed by atoms with Gasteiger partial charge in [-0.1, -0.05) is 13.8 Å². The first-order chi connectivity index (χ1) is 9.91. The predicted molar refractivity (Wildman–Crippen MR) is 91.2 cm³/mol. The van der Waals surface area contributed by atoms with Crippen molar-refractivity contribution in [2.45, 2.75) is 30.9 Å². The average molecular weight is 395 g/mol. The van der Waals surface area contributed by atoms with Gasteiger partial charge in [-0.15, -0.1) is 11.3 Å². The maximum atomic E-state index is 12.7. The highest BCUT2D eigenvalue weighted by Crippen LogP contribution is 2.32. The van der Waals surface area contributed by atoms with Crippen molar-refractivity contribution in [2.24, 2.45) is 11.8 Å². The van der Waals surface area contributed by atoms with Gasteiger partial charge < -0.3 is 5.32 Å². The largest absolute Gasteiger partial charge is 0.316 e. The molecule has 21 heavy (non-hydrogen) atoms. The summed E-state index contributed by atoms with van der Waals surface area (Å²) in [6.45, 7) is 7.50. The number of nitrogens with zero attached hydrogens (tertiary/aromatic N) is 1. The van der Waals surface area contributed by atoms with Gasteiger partial charge in [0.2, 0.25) is 0 Å². The molecular formula is C14H23BrN2O2S2. The van der Waals surface area contributed by atoms with Crippen molar-refractivity contribution in [3.8, 4) is 0 Å². The molecule has 1 aromatic rings. The van der Waals surface area contributed by atoms with Gasteiger partial charge in [0.15, 0.2) is 0 Å². The van der Waals surface area contributed by atoms with Gasteiger partial charge in [0.1, 0.15) is 4.21 Å². The maximum Gasteiger partial charge on any atom is 0.253 e. The fraction of sp³-hybridized carbons (Fsp3) is 0.714. The van der Waals surface area contributed by atoms with Crippen LogP contribution in [-0.4, -0.2) is 38.9 Å². The second kappa shape index (κ2) is 7.55. The van der Waals surface area contributed by atoms with E-state index in [1.807, 2.05) is 5.38 Å². The molecular weight excluding hydrogens is 372 g/mol. The molecule has 1 aliphatic heterocycles. The number of halogens is 1.